The summed E-state index contributed by atoms with van der Waals surface area (Å²) in [5.41, 5.74) is 2.98. The van der Waals surface area contributed by atoms with Crippen LogP contribution in [0, 0.1) is 27.1 Å². The number of hydrogen-bond donors (Lipinski definition) is 3. The van der Waals surface area contributed by atoms with Gasteiger partial charge in [-0.1, -0.05) is 91.0 Å². The maximum Gasteiger partial charge on any atom is 0.410 e. The van der Waals surface area contributed by atoms with Crippen molar-refractivity contribution in [2.75, 3.05) is 131 Å². The van der Waals surface area contributed by atoms with Crippen molar-refractivity contribution in [1.29, 1.82) is 0 Å². The zero-order chi connectivity index (χ0) is 69.4. The van der Waals surface area contributed by atoms with Gasteiger partial charge < -0.3 is 64.1 Å². The fourth-order valence-corrected chi connectivity index (χ4v) is 16.9. The molecule has 5 spiro atoms. The molecule has 10 aliphatic rings. The van der Waals surface area contributed by atoms with Gasteiger partial charge in [-0.3, -0.25) is 0 Å². The summed E-state index contributed by atoms with van der Waals surface area (Å²) in [6, 6.07) is 29.0. The molecule has 13 rings (SSSR count). The minimum atomic E-state index is -3.19. The van der Waals surface area contributed by atoms with E-state index < -0.39 is 30.9 Å². The van der Waals surface area contributed by atoms with Crippen LogP contribution in [0.1, 0.15) is 118 Å². The summed E-state index contributed by atoms with van der Waals surface area (Å²) in [5.74, 6) is 0. The average Bonchev–Trinajstić information content (AvgIpc) is 1.48. The van der Waals surface area contributed by atoms with Crippen molar-refractivity contribution < 1.29 is 64.5 Å². The lowest BCUT2D eigenvalue weighted by Gasteiger charge is -2.47. The zero-order valence-electron chi connectivity index (χ0n) is 58.3. The third-order valence-corrected chi connectivity index (χ3v) is 24.1. The fraction of sp³-hybridized carbons (Fsp3) is 0.671. The van der Waals surface area contributed by atoms with E-state index in [0.717, 1.165) is 121 Å². The normalized spacial score (nSPS) is 21.6. The summed E-state index contributed by atoms with van der Waals surface area (Å²) in [6.45, 7) is 35.0. The van der Waals surface area contributed by atoms with Gasteiger partial charge in [0, 0.05) is 145 Å². The largest absolute Gasteiger partial charge is 0.445 e. The highest BCUT2D eigenvalue weighted by Gasteiger charge is 2.55. The molecule has 10 aliphatic heterocycles. The number of sulfonamides is 2. The van der Waals surface area contributed by atoms with E-state index in [1.165, 1.54) is 10.7 Å². The molecule has 0 radical (unpaired) electrons. The summed E-state index contributed by atoms with van der Waals surface area (Å²) in [5, 5.41) is 9.24. The van der Waals surface area contributed by atoms with Crippen LogP contribution in [0.2, 0.25) is 0 Å². The molecule has 0 bridgehead atoms. The van der Waals surface area contributed by atoms with E-state index in [4.69, 9.17) is 23.7 Å². The SMILES string of the molecule is CC(C)(C)OC(=O)N1CC2(CCN(C(=O)OCc3ccccc3)C2)C1.CC(C)(C)OC(=O)N1CC2(CCNC2)C1.CC(C)S(=O)(=O)N1CC2(CCN(C(=O)OCc3ccccc3)C2)C1.CC(C)S(=O)(=O)N1CC2(CCNC2)C1.O=C(OCc1ccccc1)N1CCC2(CNC2)C1. The van der Waals surface area contributed by atoms with E-state index in [2.05, 4.69) is 16.0 Å². The first-order valence-corrected chi connectivity index (χ1v) is 37.2. The molecule has 3 aromatic carbocycles. The lowest BCUT2D eigenvalue weighted by Crippen LogP contribution is -2.60. The number of nitrogens with zero attached hydrogens (tertiary/aromatic N) is 7. The lowest BCUT2D eigenvalue weighted by atomic mass is 9.79. The van der Waals surface area contributed by atoms with Crippen LogP contribution in [0.4, 0.5) is 24.0 Å². The second-order valence-electron chi connectivity index (χ2n) is 31.0. The fourth-order valence-electron chi connectivity index (χ4n) is 13.9. The van der Waals surface area contributed by atoms with Crippen LogP contribution >= 0.6 is 0 Å². The van der Waals surface area contributed by atoms with Gasteiger partial charge in [0.05, 0.1) is 10.5 Å². The van der Waals surface area contributed by atoms with Gasteiger partial charge in [0.25, 0.3) is 0 Å². The van der Waals surface area contributed by atoms with Gasteiger partial charge in [0.2, 0.25) is 20.0 Å². The molecule has 0 aliphatic carbocycles. The molecule has 3 aromatic rings. The summed E-state index contributed by atoms with van der Waals surface area (Å²) >= 11 is 0. The Kier molecular flexibility index (Phi) is 23.5. The van der Waals surface area contributed by atoms with Crippen molar-refractivity contribution in [2.45, 2.75) is 143 Å². The second kappa shape index (κ2) is 30.4. The van der Waals surface area contributed by atoms with Gasteiger partial charge in [-0.2, -0.15) is 0 Å². The highest BCUT2D eigenvalue weighted by Crippen LogP contribution is 2.44. The molecule has 532 valence electrons. The molecular formula is C70H106N10O14S2. The van der Waals surface area contributed by atoms with E-state index in [-0.39, 0.29) is 70.8 Å². The Bertz CT molecular complexity index is 3330. The van der Waals surface area contributed by atoms with Crippen molar-refractivity contribution in [3.8, 4) is 0 Å². The van der Waals surface area contributed by atoms with Crippen LogP contribution in [-0.2, 0) is 63.6 Å². The molecule has 10 fully saturated rings. The first kappa shape index (κ1) is 73.9. The maximum absolute atomic E-state index is 12.2. The van der Waals surface area contributed by atoms with Crippen molar-refractivity contribution >= 4 is 50.5 Å². The van der Waals surface area contributed by atoms with Crippen LogP contribution in [0.3, 0.4) is 0 Å². The number of amides is 5. The van der Waals surface area contributed by atoms with Crippen molar-refractivity contribution in [3.05, 3.63) is 108 Å². The summed E-state index contributed by atoms with van der Waals surface area (Å²) in [7, 11) is -6.19. The lowest BCUT2D eigenvalue weighted by molar-refractivity contribution is -0.0303. The predicted molar refractivity (Wildman–Crippen MR) is 365 cm³/mol. The highest BCUT2D eigenvalue weighted by molar-refractivity contribution is 7.90. The van der Waals surface area contributed by atoms with Crippen LogP contribution < -0.4 is 16.0 Å². The minimum absolute atomic E-state index is 0.00265. The van der Waals surface area contributed by atoms with E-state index >= 15 is 0 Å². The number of hydrogen-bond acceptors (Lipinski definition) is 17. The van der Waals surface area contributed by atoms with Crippen LogP contribution in [0.15, 0.2) is 91.0 Å². The Hall–Kier alpha value is -6.29. The molecule has 26 heteroatoms. The van der Waals surface area contributed by atoms with Gasteiger partial charge in [0.15, 0.2) is 0 Å². The number of carbonyl (C=O) groups excluding carboxylic acids is 5. The summed E-state index contributed by atoms with van der Waals surface area (Å²) < 4.78 is 77.8. The minimum Gasteiger partial charge on any atom is -0.445 e. The number of rotatable bonds is 10. The molecule has 3 N–H and O–H groups in total. The number of ether oxygens (including phenoxy) is 5. The Labute approximate surface area is 569 Å². The molecule has 24 nitrogen and oxygen atoms in total. The maximum atomic E-state index is 12.2. The zero-order valence-corrected chi connectivity index (χ0v) is 59.9. The molecule has 10 saturated heterocycles. The Morgan fingerprint density at radius 3 is 0.958 bits per heavy atom. The Morgan fingerprint density at radius 2 is 0.667 bits per heavy atom. The predicted octanol–water partition coefficient (Wildman–Crippen LogP) is 8.19. The third kappa shape index (κ3) is 19.1. The summed E-state index contributed by atoms with van der Waals surface area (Å²) in [4.78, 5) is 68.9. The number of likely N-dealkylation sites (tertiary alicyclic amines) is 5. The molecular weight excluding hydrogens is 1270 g/mol. The smallest absolute Gasteiger partial charge is 0.410 e. The standard InChI is InChI=1S/C19H26N2O4.C17H24N2O4S.C14H18N2O2.C11H20N2O2.C9H18N2O2S/c1-18(2,3)25-17(23)21-13-19(14-21)9-10-20(12-19)16(22)24-11-15-7-5-4-6-8-15;1-14(2)24(21,22)19-12-17(13-19)8-9-18(11-17)16(20)23-10-15-6-4-3-5-7-15;17-13(18-8-12-4-2-1-3-5-12)16-7-6-14(11-16)9-15-10-14;1-10(2,3)15-9(14)13-7-11(8-13)4-5-12-6-11;1-8(2)14(12,13)11-6-9(7-11)3-4-10-5-9/h4-8H,9-14H2,1-3H3;3-7,14H,8-13H2,1-2H3;1-5,15H,6-11H2;12H,4-8H2,1-3H3;8,10H,3-7H2,1-2H3. The number of carbonyl (C=O) groups is 5. The van der Waals surface area contributed by atoms with Gasteiger partial charge in [-0.05, 0) is 131 Å². The van der Waals surface area contributed by atoms with Gasteiger partial charge in [-0.25, -0.2) is 49.4 Å². The Morgan fingerprint density at radius 1 is 0.385 bits per heavy atom. The molecule has 96 heavy (non-hydrogen) atoms. The second-order valence-corrected chi connectivity index (χ2v) is 36.0. The summed E-state index contributed by atoms with van der Waals surface area (Å²) in [6.07, 6.45) is 3.91. The van der Waals surface area contributed by atoms with Crippen molar-refractivity contribution in [3.63, 3.8) is 0 Å². The van der Waals surface area contributed by atoms with E-state index in [9.17, 15) is 40.8 Å². The number of nitrogens with one attached hydrogen (secondary N) is 3. The van der Waals surface area contributed by atoms with Gasteiger partial charge in [-0.15, -0.1) is 0 Å². The molecule has 5 amide bonds. The quantitative estimate of drug-likeness (QED) is 0.162. The number of benzene rings is 3. The highest BCUT2D eigenvalue weighted by atomic mass is 32.2. The van der Waals surface area contributed by atoms with E-state index in [1.807, 2.05) is 137 Å². The van der Waals surface area contributed by atoms with Crippen molar-refractivity contribution in [2.24, 2.45) is 27.1 Å². The topological polar surface area (TPSA) is 259 Å². The average molecular weight is 1380 g/mol. The van der Waals surface area contributed by atoms with Crippen LogP contribution in [0.5, 0.6) is 0 Å². The first-order chi connectivity index (χ1) is 45.2. The Balaban J connectivity index is 0.000000143. The first-order valence-electron chi connectivity index (χ1n) is 34.2. The molecule has 0 unspecified atom stereocenters. The molecule has 0 atom stereocenters. The molecule has 10 heterocycles. The van der Waals surface area contributed by atoms with Crippen LogP contribution in [0.25, 0.3) is 0 Å². The van der Waals surface area contributed by atoms with E-state index in [0.29, 0.717) is 69.8 Å². The van der Waals surface area contributed by atoms with Gasteiger partial charge in [0.1, 0.15) is 31.0 Å². The van der Waals surface area contributed by atoms with E-state index in [1.54, 1.807) is 51.6 Å². The third-order valence-electron chi connectivity index (χ3n) is 19.7. The monoisotopic (exact) mass is 1370 g/mol. The van der Waals surface area contributed by atoms with Crippen molar-refractivity contribution in [1.82, 2.24) is 49.1 Å². The van der Waals surface area contributed by atoms with Gasteiger partial charge >= 0.3 is 30.5 Å². The molecule has 0 saturated carbocycles. The molecule has 0 aromatic heterocycles. The van der Waals surface area contributed by atoms with Crippen LogP contribution in [-0.4, -0.2) is 233 Å².